The molecule has 0 aromatic rings. The Hall–Kier alpha value is 0.920. The summed E-state index contributed by atoms with van der Waals surface area (Å²) in [6.45, 7) is 2.15. The van der Waals surface area contributed by atoms with E-state index < -0.39 is 5.69 Å². The van der Waals surface area contributed by atoms with E-state index >= 15 is 0 Å². The van der Waals surface area contributed by atoms with Crippen LogP contribution in [0.5, 0.6) is 0 Å². The second-order valence-electron chi connectivity index (χ2n) is 2.38. The van der Waals surface area contributed by atoms with Gasteiger partial charge < -0.3 is 9.79 Å². The highest BCUT2D eigenvalue weighted by molar-refractivity contribution is 8.67. The van der Waals surface area contributed by atoms with E-state index in [0.29, 0.717) is 0 Å². The zero-order valence-corrected chi connectivity index (χ0v) is 9.22. The van der Waals surface area contributed by atoms with Crippen LogP contribution in [-0.4, -0.2) is 15.5 Å². The van der Waals surface area contributed by atoms with Crippen LogP contribution in [0.15, 0.2) is 0 Å². The molecule has 0 aromatic heterocycles. The Morgan fingerprint density at radius 1 is 1.27 bits per heavy atom. The zero-order valence-electron chi connectivity index (χ0n) is 6.69. The van der Waals surface area contributed by atoms with Gasteiger partial charge in [-0.25, -0.2) is 0 Å². The molecule has 5 heteroatoms. The molecule has 68 valence electrons. The van der Waals surface area contributed by atoms with Crippen molar-refractivity contribution in [2.75, 3.05) is 5.75 Å². The fourth-order valence-electron chi connectivity index (χ4n) is 0.712. The van der Waals surface area contributed by atoms with Crippen molar-refractivity contribution in [2.24, 2.45) is 0 Å². The molecule has 0 rings (SSSR count). The first-order chi connectivity index (χ1) is 5.06. The Balaban J connectivity index is 3.09. The van der Waals surface area contributed by atoms with Gasteiger partial charge in [-0.2, -0.15) is 0 Å². The molecule has 0 radical (unpaired) electrons. The molecular weight excluding hydrogens is 199 g/mol. The molecule has 0 spiro atoms. The quantitative estimate of drug-likeness (QED) is 0.526. The molecule has 0 aliphatic rings. The van der Waals surface area contributed by atoms with Crippen LogP contribution in [0.25, 0.3) is 0 Å². The number of unbranched alkanes of at least 4 members (excludes halogenated alkanes) is 3. The van der Waals surface area contributed by atoms with Crippen molar-refractivity contribution < 1.29 is 9.79 Å². The second kappa shape index (κ2) is 6.44. The van der Waals surface area contributed by atoms with Gasteiger partial charge in [-0.1, -0.05) is 37.6 Å². The summed E-state index contributed by atoms with van der Waals surface area (Å²) in [6.07, 6.45) is 4.63. The summed E-state index contributed by atoms with van der Waals surface area (Å²) in [5.41, 5.74) is -2.96. The van der Waals surface area contributed by atoms with Gasteiger partial charge in [0.25, 0.3) is 0 Å². The highest BCUT2D eigenvalue weighted by atomic mass is 32.9. The molecule has 0 amide bonds. The lowest BCUT2D eigenvalue weighted by atomic mass is 10.2. The van der Waals surface area contributed by atoms with Gasteiger partial charge in [0.15, 0.2) is 0 Å². The van der Waals surface area contributed by atoms with Crippen LogP contribution in [0.1, 0.15) is 32.6 Å². The Kier molecular flexibility index (Phi) is 6.98. The van der Waals surface area contributed by atoms with Crippen molar-refractivity contribution >= 4 is 28.9 Å². The van der Waals surface area contributed by atoms with Crippen molar-refractivity contribution in [2.45, 2.75) is 32.6 Å². The van der Waals surface area contributed by atoms with Crippen molar-refractivity contribution in [1.29, 1.82) is 0 Å². The summed E-state index contributed by atoms with van der Waals surface area (Å²) in [7, 11) is 0. The minimum absolute atomic E-state index is 0.782. The molecule has 0 aliphatic carbocycles. The fourth-order valence-corrected chi connectivity index (χ4v) is 3.05. The molecule has 0 heterocycles. The van der Waals surface area contributed by atoms with Gasteiger partial charge in [0, 0.05) is 5.75 Å². The molecule has 0 aliphatic heterocycles. The van der Waals surface area contributed by atoms with Crippen LogP contribution < -0.4 is 0 Å². The summed E-state index contributed by atoms with van der Waals surface area (Å²) in [5.74, 6) is 0.782. The third-order valence-corrected chi connectivity index (χ3v) is 4.57. The van der Waals surface area contributed by atoms with E-state index in [4.69, 9.17) is 9.79 Å². The number of hydrogen-bond donors (Lipinski definition) is 2. The molecular formula is C6H15O2PS2. The average molecular weight is 214 g/mol. The van der Waals surface area contributed by atoms with Crippen LogP contribution in [-0.2, 0) is 11.8 Å². The average Bonchev–Trinajstić information content (AvgIpc) is 1.85. The Morgan fingerprint density at radius 3 is 2.36 bits per heavy atom. The van der Waals surface area contributed by atoms with Crippen LogP contribution in [0.2, 0.25) is 0 Å². The summed E-state index contributed by atoms with van der Waals surface area (Å²) < 4.78 is 0. The fraction of sp³-hybridized carbons (Fsp3) is 1.00. The molecule has 0 atom stereocenters. The van der Waals surface area contributed by atoms with Gasteiger partial charge in [-0.05, 0) is 18.2 Å². The van der Waals surface area contributed by atoms with Crippen LogP contribution in [0.3, 0.4) is 0 Å². The molecule has 2 N–H and O–H groups in total. The topological polar surface area (TPSA) is 40.5 Å². The Bertz CT molecular complexity index is 135. The molecule has 0 unspecified atom stereocenters. The first kappa shape index (κ1) is 11.9. The monoisotopic (exact) mass is 214 g/mol. The third-order valence-electron chi connectivity index (χ3n) is 1.26. The Labute approximate surface area is 77.3 Å². The highest BCUT2D eigenvalue weighted by Gasteiger charge is 2.05. The second-order valence-corrected chi connectivity index (χ2v) is 8.56. The maximum absolute atomic E-state index is 8.82. The maximum atomic E-state index is 8.82. The minimum Gasteiger partial charge on any atom is -0.338 e. The summed E-state index contributed by atoms with van der Waals surface area (Å²) in [5, 5.41) is 0. The molecule has 0 saturated carbocycles. The smallest absolute Gasteiger partial charge is 0.242 e. The third kappa shape index (κ3) is 10.9. The zero-order chi connectivity index (χ0) is 8.74. The molecule has 0 fully saturated rings. The van der Waals surface area contributed by atoms with E-state index in [9.17, 15) is 0 Å². The molecule has 0 bridgehead atoms. The van der Waals surface area contributed by atoms with E-state index in [2.05, 4.69) is 18.7 Å². The minimum atomic E-state index is -2.96. The van der Waals surface area contributed by atoms with Gasteiger partial charge in [-0.15, -0.1) is 0 Å². The van der Waals surface area contributed by atoms with Crippen molar-refractivity contribution in [3.05, 3.63) is 0 Å². The standard InChI is InChI=1S/C6H15O2PS2/c1-2-3-4-5-6-11-9(7,8)10/h2-6H2,1H3,(H2,7,8,10). The van der Waals surface area contributed by atoms with E-state index in [1.807, 2.05) is 0 Å². The highest BCUT2D eigenvalue weighted by Crippen LogP contribution is 2.50. The molecule has 0 aromatic carbocycles. The van der Waals surface area contributed by atoms with Crippen LogP contribution in [0.4, 0.5) is 0 Å². The maximum Gasteiger partial charge on any atom is 0.242 e. The number of rotatable bonds is 6. The Morgan fingerprint density at radius 2 is 1.91 bits per heavy atom. The lowest BCUT2D eigenvalue weighted by Gasteiger charge is -2.04. The van der Waals surface area contributed by atoms with Gasteiger partial charge in [0.1, 0.15) is 0 Å². The van der Waals surface area contributed by atoms with Crippen molar-refractivity contribution in [3.8, 4) is 0 Å². The van der Waals surface area contributed by atoms with Crippen molar-refractivity contribution in [3.63, 3.8) is 0 Å². The van der Waals surface area contributed by atoms with Gasteiger partial charge in [0.05, 0.1) is 0 Å². The lowest BCUT2D eigenvalue weighted by molar-refractivity contribution is 0.502. The lowest BCUT2D eigenvalue weighted by Crippen LogP contribution is -1.80. The summed E-state index contributed by atoms with van der Waals surface area (Å²) >= 11 is 5.57. The van der Waals surface area contributed by atoms with Crippen LogP contribution in [0, 0.1) is 0 Å². The first-order valence-corrected chi connectivity index (χ1v) is 8.06. The van der Waals surface area contributed by atoms with Crippen LogP contribution >= 0.6 is 17.1 Å². The largest absolute Gasteiger partial charge is 0.338 e. The van der Waals surface area contributed by atoms with Crippen molar-refractivity contribution in [1.82, 2.24) is 0 Å². The number of hydrogen-bond acceptors (Lipinski definition) is 2. The van der Waals surface area contributed by atoms with Gasteiger partial charge in [-0.3, -0.25) is 0 Å². The van der Waals surface area contributed by atoms with E-state index in [-0.39, 0.29) is 0 Å². The van der Waals surface area contributed by atoms with Gasteiger partial charge in [0.2, 0.25) is 5.69 Å². The van der Waals surface area contributed by atoms with Gasteiger partial charge >= 0.3 is 0 Å². The summed E-state index contributed by atoms with van der Waals surface area (Å²) in [6, 6.07) is 0. The SMILES string of the molecule is CCCCCCSP(O)(O)=S. The first-order valence-electron chi connectivity index (χ1n) is 3.76. The molecule has 11 heavy (non-hydrogen) atoms. The normalized spacial score (nSPS) is 11.9. The molecule has 2 nitrogen and oxygen atoms in total. The van der Waals surface area contributed by atoms with E-state index in [0.717, 1.165) is 23.6 Å². The van der Waals surface area contributed by atoms with E-state index in [1.165, 1.54) is 19.3 Å². The van der Waals surface area contributed by atoms with E-state index in [1.54, 1.807) is 0 Å². The summed E-state index contributed by atoms with van der Waals surface area (Å²) in [4.78, 5) is 17.6. The predicted octanol–water partition coefficient (Wildman–Crippen LogP) is 2.51. The predicted molar refractivity (Wildman–Crippen MR) is 55.3 cm³/mol. The molecule has 0 saturated heterocycles.